The molecule has 1 saturated carbocycles. The van der Waals surface area contributed by atoms with E-state index in [4.69, 9.17) is 20.9 Å². The lowest BCUT2D eigenvalue weighted by molar-refractivity contribution is -0.0740. The van der Waals surface area contributed by atoms with E-state index in [2.05, 4.69) is 24.0 Å². The van der Waals surface area contributed by atoms with Crippen LogP contribution in [0.4, 0.5) is 0 Å². The fourth-order valence-electron chi connectivity index (χ4n) is 2.61. The molecular formula is C14H23ClN2O2. The van der Waals surface area contributed by atoms with Crippen LogP contribution in [0.1, 0.15) is 57.7 Å². The van der Waals surface area contributed by atoms with Crippen molar-refractivity contribution in [1.82, 2.24) is 10.1 Å². The van der Waals surface area contributed by atoms with Crippen molar-refractivity contribution in [2.75, 3.05) is 13.0 Å². The smallest absolute Gasteiger partial charge is 0.226 e. The van der Waals surface area contributed by atoms with Crippen LogP contribution >= 0.6 is 11.6 Å². The van der Waals surface area contributed by atoms with Gasteiger partial charge >= 0.3 is 0 Å². The number of alkyl halides is 1. The molecule has 0 spiro atoms. The van der Waals surface area contributed by atoms with Crippen LogP contribution in [-0.4, -0.2) is 23.1 Å². The number of halogens is 1. The second-order valence-corrected chi connectivity index (χ2v) is 6.54. The number of nitrogens with zero attached hydrogens (tertiary/aromatic N) is 2. The number of hydrogen-bond acceptors (Lipinski definition) is 4. The Morgan fingerprint density at radius 1 is 1.26 bits per heavy atom. The standard InChI is InChI=1S/C14H23ClN2O2/c1-13(2)6-8-14(18-3,9-7-13)12-16-11(19-17-12)5-4-10-15/h4-10H2,1-3H3. The summed E-state index contributed by atoms with van der Waals surface area (Å²) in [5.41, 5.74) is 0.0193. The predicted octanol–water partition coefficient (Wildman–Crippen LogP) is 3.68. The second-order valence-electron chi connectivity index (χ2n) is 6.17. The molecule has 1 heterocycles. The molecule has 4 nitrogen and oxygen atoms in total. The number of ether oxygens (including phenoxy) is 1. The summed E-state index contributed by atoms with van der Waals surface area (Å²) < 4.78 is 11.1. The first kappa shape index (κ1) is 14.8. The van der Waals surface area contributed by atoms with E-state index in [1.165, 1.54) is 0 Å². The molecule has 0 radical (unpaired) electrons. The van der Waals surface area contributed by atoms with Gasteiger partial charge in [-0.15, -0.1) is 11.6 Å². The van der Waals surface area contributed by atoms with Gasteiger partial charge in [-0.3, -0.25) is 0 Å². The zero-order valence-corrected chi connectivity index (χ0v) is 12.8. The summed E-state index contributed by atoms with van der Waals surface area (Å²) in [6, 6.07) is 0. The monoisotopic (exact) mass is 286 g/mol. The Balaban J connectivity index is 2.11. The maximum Gasteiger partial charge on any atom is 0.226 e. The van der Waals surface area contributed by atoms with Crippen LogP contribution in [0.25, 0.3) is 0 Å². The van der Waals surface area contributed by atoms with Crippen molar-refractivity contribution in [3.8, 4) is 0 Å². The van der Waals surface area contributed by atoms with Crippen LogP contribution in [0.5, 0.6) is 0 Å². The first-order valence-electron chi connectivity index (χ1n) is 6.95. The van der Waals surface area contributed by atoms with E-state index >= 15 is 0 Å². The van der Waals surface area contributed by atoms with Gasteiger partial charge in [0.1, 0.15) is 5.60 Å². The molecule has 1 aromatic rings. The summed E-state index contributed by atoms with van der Waals surface area (Å²) >= 11 is 5.68. The molecule has 0 unspecified atom stereocenters. The van der Waals surface area contributed by atoms with Crippen molar-refractivity contribution in [3.63, 3.8) is 0 Å². The number of aromatic nitrogens is 2. The second kappa shape index (κ2) is 5.80. The Bertz CT molecular complexity index is 407. The fraction of sp³-hybridized carbons (Fsp3) is 0.857. The molecule has 0 bridgehead atoms. The van der Waals surface area contributed by atoms with Gasteiger partial charge in [0, 0.05) is 19.4 Å². The normalized spacial score (nSPS) is 21.5. The van der Waals surface area contributed by atoms with Crippen LogP contribution in [0.15, 0.2) is 4.52 Å². The predicted molar refractivity (Wildman–Crippen MR) is 74.3 cm³/mol. The van der Waals surface area contributed by atoms with Crippen LogP contribution in [0.3, 0.4) is 0 Å². The Hall–Kier alpha value is -0.610. The third-order valence-corrected chi connectivity index (χ3v) is 4.47. The number of aryl methyl sites for hydroxylation is 1. The Kier molecular flexibility index (Phi) is 4.51. The SMILES string of the molecule is COC1(c2noc(CCCCl)n2)CCC(C)(C)CC1. The molecule has 0 N–H and O–H groups in total. The largest absolute Gasteiger partial charge is 0.370 e. The van der Waals surface area contributed by atoms with E-state index in [0.717, 1.165) is 38.5 Å². The minimum atomic E-state index is -0.363. The first-order chi connectivity index (χ1) is 9.01. The van der Waals surface area contributed by atoms with Gasteiger partial charge in [-0.25, -0.2) is 0 Å². The number of methoxy groups -OCH3 is 1. The maximum absolute atomic E-state index is 5.76. The third kappa shape index (κ3) is 3.29. The van der Waals surface area contributed by atoms with Crippen LogP contribution < -0.4 is 0 Å². The van der Waals surface area contributed by atoms with Gasteiger partial charge in [0.05, 0.1) is 0 Å². The minimum Gasteiger partial charge on any atom is -0.370 e. The molecule has 1 aliphatic rings. The summed E-state index contributed by atoms with van der Waals surface area (Å²) in [4.78, 5) is 4.50. The molecule has 0 amide bonds. The molecule has 108 valence electrons. The molecule has 1 aromatic heterocycles. The van der Waals surface area contributed by atoms with Gasteiger partial charge in [-0.1, -0.05) is 19.0 Å². The molecule has 2 rings (SSSR count). The molecule has 1 fully saturated rings. The van der Waals surface area contributed by atoms with Crippen molar-refractivity contribution in [2.45, 2.75) is 58.0 Å². The van der Waals surface area contributed by atoms with E-state index in [1.54, 1.807) is 7.11 Å². The average molecular weight is 287 g/mol. The number of hydrogen-bond donors (Lipinski definition) is 0. The van der Waals surface area contributed by atoms with E-state index < -0.39 is 0 Å². The lowest BCUT2D eigenvalue weighted by Gasteiger charge is -2.40. The lowest BCUT2D eigenvalue weighted by atomic mass is 9.70. The van der Waals surface area contributed by atoms with Crippen molar-refractivity contribution in [2.24, 2.45) is 5.41 Å². The molecule has 0 atom stereocenters. The van der Waals surface area contributed by atoms with Gasteiger partial charge < -0.3 is 9.26 Å². The lowest BCUT2D eigenvalue weighted by Crippen LogP contribution is -2.37. The van der Waals surface area contributed by atoms with Crippen LogP contribution in [0, 0.1) is 5.41 Å². The third-order valence-electron chi connectivity index (χ3n) is 4.20. The molecule has 0 aliphatic heterocycles. The van der Waals surface area contributed by atoms with Crippen molar-refractivity contribution < 1.29 is 9.26 Å². The quantitative estimate of drug-likeness (QED) is 0.775. The molecular weight excluding hydrogens is 264 g/mol. The van der Waals surface area contributed by atoms with Crippen LogP contribution in [-0.2, 0) is 16.8 Å². The topological polar surface area (TPSA) is 48.2 Å². The van der Waals surface area contributed by atoms with E-state index in [9.17, 15) is 0 Å². The van der Waals surface area contributed by atoms with Crippen molar-refractivity contribution >= 4 is 11.6 Å². The molecule has 19 heavy (non-hydrogen) atoms. The average Bonchev–Trinajstić information content (AvgIpc) is 2.86. The van der Waals surface area contributed by atoms with E-state index in [1.807, 2.05) is 0 Å². The van der Waals surface area contributed by atoms with Gasteiger partial charge in [0.2, 0.25) is 11.7 Å². The summed E-state index contributed by atoms with van der Waals surface area (Å²) in [6.07, 6.45) is 5.73. The molecule has 1 aliphatic carbocycles. The summed E-state index contributed by atoms with van der Waals surface area (Å²) in [5, 5.41) is 4.13. The van der Waals surface area contributed by atoms with E-state index in [-0.39, 0.29) is 5.60 Å². The van der Waals surface area contributed by atoms with Gasteiger partial charge in [-0.05, 0) is 37.5 Å². The van der Waals surface area contributed by atoms with Crippen LogP contribution in [0.2, 0.25) is 0 Å². The summed E-state index contributed by atoms with van der Waals surface area (Å²) in [7, 11) is 1.74. The maximum atomic E-state index is 5.76. The number of rotatable bonds is 5. The highest BCUT2D eigenvalue weighted by atomic mass is 35.5. The Morgan fingerprint density at radius 3 is 2.53 bits per heavy atom. The highest BCUT2D eigenvalue weighted by Gasteiger charge is 2.43. The minimum absolute atomic E-state index is 0.363. The van der Waals surface area contributed by atoms with Gasteiger partial charge in [-0.2, -0.15) is 4.98 Å². The Morgan fingerprint density at radius 2 is 1.95 bits per heavy atom. The fourth-order valence-corrected chi connectivity index (χ4v) is 2.74. The zero-order chi connectivity index (χ0) is 13.9. The highest BCUT2D eigenvalue weighted by molar-refractivity contribution is 6.17. The summed E-state index contributed by atoms with van der Waals surface area (Å²) in [6.45, 7) is 4.60. The van der Waals surface area contributed by atoms with Crippen molar-refractivity contribution in [1.29, 1.82) is 0 Å². The zero-order valence-electron chi connectivity index (χ0n) is 12.0. The molecule has 0 aromatic carbocycles. The van der Waals surface area contributed by atoms with Gasteiger partial charge in [0.15, 0.2) is 0 Å². The Labute approximate surface area is 119 Å². The van der Waals surface area contributed by atoms with Gasteiger partial charge in [0.25, 0.3) is 0 Å². The molecule has 5 heteroatoms. The van der Waals surface area contributed by atoms with E-state index in [0.29, 0.717) is 23.0 Å². The first-order valence-corrected chi connectivity index (χ1v) is 7.49. The molecule has 0 saturated heterocycles. The van der Waals surface area contributed by atoms with Crippen molar-refractivity contribution in [3.05, 3.63) is 11.7 Å². The summed E-state index contributed by atoms with van der Waals surface area (Å²) in [5.74, 6) is 1.98. The highest BCUT2D eigenvalue weighted by Crippen LogP contribution is 2.46.